The molecule has 0 spiro atoms. The molecule has 1 aromatic rings. The number of hydrogen-bond acceptors (Lipinski definition) is 4. The number of halogens is 1. The number of hydrogen-bond donors (Lipinski definition) is 1. The molecule has 0 amide bonds. The molecule has 1 aromatic heterocycles. The summed E-state index contributed by atoms with van der Waals surface area (Å²) in [5.41, 5.74) is 1.00. The van der Waals surface area contributed by atoms with Crippen molar-refractivity contribution in [1.29, 1.82) is 0 Å². The van der Waals surface area contributed by atoms with Gasteiger partial charge in [0.15, 0.2) is 0 Å². The predicted molar refractivity (Wildman–Crippen MR) is 77.3 cm³/mol. The van der Waals surface area contributed by atoms with E-state index in [1.54, 1.807) is 0 Å². The lowest BCUT2D eigenvalue weighted by atomic mass is 10.2. The number of nitrogens with one attached hydrogen (secondary N) is 1. The Morgan fingerprint density at radius 3 is 2.56 bits per heavy atom. The summed E-state index contributed by atoms with van der Waals surface area (Å²) in [6, 6.07) is 0. The second kappa shape index (κ2) is 8.27. The van der Waals surface area contributed by atoms with Gasteiger partial charge in [-0.25, -0.2) is 9.97 Å². The van der Waals surface area contributed by atoms with Gasteiger partial charge in [-0.2, -0.15) is 0 Å². The third-order valence-electron chi connectivity index (χ3n) is 3.08. The van der Waals surface area contributed by atoms with E-state index >= 15 is 0 Å². The molecule has 1 N–H and O–H groups in total. The highest BCUT2D eigenvalue weighted by Gasteiger charge is 2.07. The van der Waals surface area contributed by atoms with Gasteiger partial charge in [-0.15, -0.1) is 0 Å². The zero-order valence-corrected chi connectivity index (χ0v) is 12.3. The Morgan fingerprint density at radius 1 is 1.22 bits per heavy atom. The molecular formula is C13H23ClN4. The first-order valence-corrected chi connectivity index (χ1v) is 7.06. The van der Waals surface area contributed by atoms with E-state index in [-0.39, 0.29) is 0 Å². The Hall–Kier alpha value is -0.870. The van der Waals surface area contributed by atoms with Gasteiger partial charge in [0.05, 0.1) is 0 Å². The summed E-state index contributed by atoms with van der Waals surface area (Å²) < 4.78 is 0. The van der Waals surface area contributed by atoms with Crippen LogP contribution >= 0.6 is 11.6 Å². The van der Waals surface area contributed by atoms with Crippen molar-refractivity contribution >= 4 is 17.4 Å². The van der Waals surface area contributed by atoms with Crippen molar-refractivity contribution in [2.24, 2.45) is 0 Å². The third kappa shape index (κ3) is 4.42. The zero-order chi connectivity index (χ0) is 13.4. The van der Waals surface area contributed by atoms with Gasteiger partial charge in [0, 0.05) is 12.1 Å². The molecule has 0 aliphatic carbocycles. The Morgan fingerprint density at radius 2 is 1.94 bits per heavy atom. The molecular weight excluding hydrogens is 248 g/mol. The van der Waals surface area contributed by atoms with E-state index in [0.717, 1.165) is 50.4 Å². The summed E-state index contributed by atoms with van der Waals surface area (Å²) in [5, 5.41) is 3.90. The summed E-state index contributed by atoms with van der Waals surface area (Å²) in [6.45, 7) is 10.7. The van der Waals surface area contributed by atoms with E-state index in [9.17, 15) is 0 Å². The molecule has 0 radical (unpaired) electrons. The fraction of sp³-hybridized carbons (Fsp3) is 0.692. The second-order valence-electron chi connectivity index (χ2n) is 4.15. The minimum atomic E-state index is 0.554. The van der Waals surface area contributed by atoms with E-state index in [2.05, 4.69) is 41.0 Å². The van der Waals surface area contributed by atoms with Gasteiger partial charge < -0.3 is 10.2 Å². The molecule has 0 atom stereocenters. The van der Waals surface area contributed by atoms with E-state index < -0.39 is 0 Å². The third-order valence-corrected chi connectivity index (χ3v) is 3.41. The lowest BCUT2D eigenvalue weighted by Gasteiger charge is -2.18. The Kier molecular flexibility index (Phi) is 6.98. The normalized spacial score (nSPS) is 10.9. The van der Waals surface area contributed by atoms with Crippen LogP contribution in [0, 0.1) is 0 Å². The maximum absolute atomic E-state index is 6.04. The molecule has 0 saturated heterocycles. The Labute approximate surface area is 115 Å². The number of anilines is 1. The van der Waals surface area contributed by atoms with Gasteiger partial charge >= 0.3 is 0 Å². The maximum atomic E-state index is 6.04. The van der Waals surface area contributed by atoms with Crippen LogP contribution in [0.2, 0.25) is 5.15 Å². The fourth-order valence-electron chi connectivity index (χ4n) is 1.91. The average Bonchev–Trinajstić information content (AvgIpc) is 2.39. The quantitative estimate of drug-likeness (QED) is 0.583. The van der Waals surface area contributed by atoms with Crippen LogP contribution in [0.1, 0.15) is 32.8 Å². The van der Waals surface area contributed by atoms with Gasteiger partial charge in [0.1, 0.15) is 17.3 Å². The summed E-state index contributed by atoms with van der Waals surface area (Å²) in [7, 11) is 0. The molecule has 4 nitrogen and oxygen atoms in total. The van der Waals surface area contributed by atoms with Gasteiger partial charge in [0.2, 0.25) is 0 Å². The van der Waals surface area contributed by atoms with Gasteiger partial charge in [-0.3, -0.25) is 0 Å². The minimum Gasteiger partial charge on any atom is -0.370 e. The molecule has 0 fully saturated rings. The first kappa shape index (κ1) is 15.2. The average molecular weight is 271 g/mol. The predicted octanol–water partition coefficient (Wildman–Crippen LogP) is 2.84. The van der Waals surface area contributed by atoms with Gasteiger partial charge in [-0.05, 0) is 32.5 Å². The van der Waals surface area contributed by atoms with Crippen molar-refractivity contribution in [2.45, 2.75) is 33.6 Å². The van der Waals surface area contributed by atoms with Crippen LogP contribution in [-0.4, -0.2) is 41.0 Å². The second-order valence-corrected chi connectivity index (χ2v) is 4.51. The highest BCUT2D eigenvalue weighted by Crippen LogP contribution is 2.19. The first-order chi connectivity index (χ1) is 8.72. The number of aromatic nitrogens is 2. The molecule has 102 valence electrons. The summed E-state index contributed by atoms with van der Waals surface area (Å²) in [6.07, 6.45) is 3.46. The topological polar surface area (TPSA) is 41.1 Å². The molecule has 0 aliphatic rings. The van der Waals surface area contributed by atoms with Crippen LogP contribution in [0.4, 0.5) is 5.82 Å². The smallest absolute Gasteiger partial charge is 0.137 e. The number of nitrogens with zero attached hydrogens (tertiary/aromatic N) is 3. The summed E-state index contributed by atoms with van der Waals surface area (Å²) >= 11 is 6.04. The van der Waals surface area contributed by atoms with Crippen molar-refractivity contribution in [3.8, 4) is 0 Å². The highest BCUT2D eigenvalue weighted by molar-refractivity contribution is 6.30. The van der Waals surface area contributed by atoms with E-state index in [4.69, 9.17) is 11.6 Å². The van der Waals surface area contributed by atoms with E-state index in [0.29, 0.717) is 5.15 Å². The van der Waals surface area contributed by atoms with Crippen molar-refractivity contribution in [3.05, 3.63) is 17.0 Å². The standard InChI is InChI=1S/C13H23ClN4/c1-4-11-12(14)16-10-17-13(11)15-8-7-9-18(5-2)6-3/h10H,4-9H2,1-3H3,(H,15,16,17). The molecule has 1 rings (SSSR count). The van der Waals surface area contributed by atoms with Crippen molar-refractivity contribution in [1.82, 2.24) is 14.9 Å². The SMILES string of the molecule is CCc1c(Cl)ncnc1NCCCN(CC)CC. The van der Waals surface area contributed by atoms with Crippen LogP contribution in [0.5, 0.6) is 0 Å². The largest absolute Gasteiger partial charge is 0.370 e. The van der Waals surface area contributed by atoms with Gasteiger partial charge in [-0.1, -0.05) is 32.4 Å². The minimum absolute atomic E-state index is 0.554. The van der Waals surface area contributed by atoms with Crippen molar-refractivity contribution < 1.29 is 0 Å². The molecule has 0 saturated carbocycles. The molecule has 18 heavy (non-hydrogen) atoms. The van der Waals surface area contributed by atoms with Crippen LogP contribution < -0.4 is 5.32 Å². The number of rotatable bonds is 8. The van der Waals surface area contributed by atoms with E-state index in [1.807, 2.05) is 0 Å². The fourth-order valence-corrected chi connectivity index (χ4v) is 2.17. The van der Waals surface area contributed by atoms with Gasteiger partial charge in [0.25, 0.3) is 0 Å². The molecule has 0 aliphatic heterocycles. The molecule has 0 aromatic carbocycles. The zero-order valence-electron chi connectivity index (χ0n) is 11.5. The van der Waals surface area contributed by atoms with Crippen molar-refractivity contribution in [3.63, 3.8) is 0 Å². The van der Waals surface area contributed by atoms with Crippen LogP contribution in [0.15, 0.2) is 6.33 Å². The molecule has 0 bridgehead atoms. The van der Waals surface area contributed by atoms with Crippen molar-refractivity contribution in [2.75, 3.05) is 31.5 Å². The maximum Gasteiger partial charge on any atom is 0.137 e. The molecule has 5 heteroatoms. The van der Waals surface area contributed by atoms with Crippen LogP contribution in [-0.2, 0) is 6.42 Å². The summed E-state index contributed by atoms with van der Waals surface area (Å²) in [4.78, 5) is 10.7. The Bertz CT molecular complexity index is 353. The van der Waals surface area contributed by atoms with E-state index in [1.165, 1.54) is 6.33 Å². The monoisotopic (exact) mass is 270 g/mol. The van der Waals surface area contributed by atoms with Crippen LogP contribution in [0.3, 0.4) is 0 Å². The lowest BCUT2D eigenvalue weighted by molar-refractivity contribution is 0.303. The highest BCUT2D eigenvalue weighted by atomic mass is 35.5. The van der Waals surface area contributed by atoms with Crippen LogP contribution in [0.25, 0.3) is 0 Å². The summed E-state index contributed by atoms with van der Waals surface area (Å²) in [5.74, 6) is 0.872. The first-order valence-electron chi connectivity index (χ1n) is 6.68. The molecule has 1 heterocycles. The molecule has 0 unspecified atom stereocenters. The Balaban J connectivity index is 2.42. The lowest BCUT2D eigenvalue weighted by Crippen LogP contribution is -2.25.